The molecule has 0 spiro atoms. The summed E-state index contributed by atoms with van der Waals surface area (Å²) >= 11 is 1.63. The molecule has 0 aliphatic heterocycles. The van der Waals surface area contributed by atoms with E-state index in [1.54, 1.807) is 11.3 Å². The average Bonchev–Trinajstić information content (AvgIpc) is 3.11. The van der Waals surface area contributed by atoms with Crippen molar-refractivity contribution in [2.45, 2.75) is 38.6 Å². The number of hydrogen-bond donors (Lipinski definition) is 2. The third kappa shape index (κ3) is 2.93. The van der Waals surface area contributed by atoms with E-state index in [1.807, 2.05) is 23.6 Å². The molecule has 2 aromatic heterocycles. The molecular weight excluding hydrogens is 270 g/mol. The highest BCUT2D eigenvalue weighted by Crippen LogP contribution is 2.25. The summed E-state index contributed by atoms with van der Waals surface area (Å²) < 4.78 is 0. The molecular formula is C15H19N3OS. The Morgan fingerprint density at radius 1 is 1.40 bits per heavy atom. The maximum Gasteiger partial charge on any atom is 0.272 e. The van der Waals surface area contributed by atoms with Crippen molar-refractivity contribution in [2.75, 3.05) is 0 Å². The van der Waals surface area contributed by atoms with Crippen molar-refractivity contribution in [1.29, 1.82) is 0 Å². The first-order valence-corrected chi connectivity index (χ1v) is 8.00. The molecule has 5 heteroatoms. The van der Waals surface area contributed by atoms with Gasteiger partial charge >= 0.3 is 0 Å². The summed E-state index contributed by atoms with van der Waals surface area (Å²) in [4.78, 5) is 13.3. The zero-order valence-corrected chi connectivity index (χ0v) is 12.4. The van der Waals surface area contributed by atoms with Crippen molar-refractivity contribution < 1.29 is 4.79 Å². The molecule has 1 aliphatic carbocycles. The van der Waals surface area contributed by atoms with E-state index >= 15 is 0 Å². The Kier molecular flexibility index (Phi) is 3.87. The molecule has 3 rings (SSSR count). The van der Waals surface area contributed by atoms with Gasteiger partial charge in [-0.05, 0) is 49.1 Å². The van der Waals surface area contributed by atoms with Gasteiger partial charge in [-0.3, -0.25) is 9.89 Å². The number of rotatable bonds is 3. The minimum absolute atomic E-state index is 0.0661. The maximum absolute atomic E-state index is 12.2. The van der Waals surface area contributed by atoms with Crippen LogP contribution < -0.4 is 5.32 Å². The number of aromatic amines is 1. The molecule has 2 N–H and O–H groups in total. The second kappa shape index (κ2) is 5.79. The smallest absolute Gasteiger partial charge is 0.272 e. The van der Waals surface area contributed by atoms with Gasteiger partial charge in [0.15, 0.2) is 5.69 Å². The summed E-state index contributed by atoms with van der Waals surface area (Å²) in [5.41, 5.74) is 1.38. The Morgan fingerprint density at radius 3 is 2.90 bits per heavy atom. The molecule has 0 bridgehead atoms. The molecule has 1 saturated carbocycles. The fourth-order valence-electron chi connectivity index (χ4n) is 2.66. The van der Waals surface area contributed by atoms with E-state index in [-0.39, 0.29) is 5.91 Å². The molecule has 2 aromatic rings. The third-order valence-corrected chi connectivity index (χ3v) is 4.85. The van der Waals surface area contributed by atoms with Crippen LogP contribution in [0.3, 0.4) is 0 Å². The van der Waals surface area contributed by atoms with E-state index in [9.17, 15) is 4.79 Å². The standard InChI is InChI=1S/C15H19N3OS/c1-10-4-6-11(7-5-10)16-15(19)13-9-12(17-18-13)14-3-2-8-20-14/h2-3,8-11H,4-7H2,1H3,(H,16,19)(H,17,18). The van der Waals surface area contributed by atoms with Crippen LogP contribution in [0.5, 0.6) is 0 Å². The number of hydrogen-bond acceptors (Lipinski definition) is 3. The summed E-state index contributed by atoms with van der Waals surface area (Å²) in [6.45, 7) is 2.28. The van der Waals surface area contributed by atoms with Gasteiger partial charge in [0.1, 0.15) is 0 Å². The Bertz CT molecular complexity index is 568. The first-order valence-electron chi connectivity index (χ1n) is 7.12. The molecule has 0 atom stereocenters. The van der Waals surface area contributed by atoms with Crippen LogP contribution >= 0.6 is 11.3 Å². The first-order chi connectivity index (χ1) is 9.72. The summed E-state index contributed by atoms with van der Waals surface area (Å²) in [6, 6.07) is 6.14. The Morgan fingerprint density at radius 2 is 2.20 bits per heavy atom. The van der Waals surface area contributed by atoms with Gasteiger partial charge in [0.25, 0.3) is 5.91 Å². The summed E-state index contributed by atoms with van der Waals surface area (Å²) in [5.74, 6) is 0.725. The lowest BCUT2D eigenvalue weighted by molar-refractivity contribution is 0.0918. The van der Waals surface area contributed by atoms with Crippen molar-refractivity contribution in [3.05, 3.63) is 29.3 Å². The lowest BCUT2D eigenvalue weighted by Crippen LogP contribution is -2.37. The van der Waals surface area contributed by atoms with Crippen LogP contribution in [0.1, 0.15) is 43.1 Å². The van der Waals surface area contributed by atoms with E-state index in [4.69, 9.17) is 0 Å². The van der Waals surface area contributed by atoms with Crippen LogP contribution in [0, 0.1) is 5.92 Å². The van der Waals surface area contributed by atoms with Gasteiger partial charge in [-0.2, -0.15) is 5.10 Å². The van der Waals surface area contributed by atoms with Crippen molar-refractivity contribution in [2.24, 2.45) is 5.92 Å². The highest BCUT2D eigenvalue weighted by Gasteiger charge is 2.21. The second-order valence-corrected chi connectivity index (χ2v) is 6.52. The first kappa shape index (κ1) is 13.4. The predicted octanol–water partition coefficient (Wildman–Crippen LogP) is 3.45. The fourth-order valence-corrected chi connectivity index (χ4v) is 3.35. The highest BCUT2D eigenvalue weighted by atomic mass is 32.1. The van der Waals surface area contributed by atoms with Crippen LogP contribution in [0.4, 0.5) is 0 Å². The normalized spacial score (nSPS) is 22.6. The van der Waals surface area contributed by atoms with Crippen molar-refractivity contribution in [3.63, 3.8) is 0 Å². The molecule has 4 nitrogen and oxygen atoms in total. The van der Waals surface area contributed by atoms with Crippen LogP contribution in [-0.2, 0) is 0 Å². The fraction of sp³-hybridized carbons (Fsp3) is 0.467. The maximum atomic E-state index is 12.2. The number of aromatic nitrogens is 2. The van der Waals surface area contributed by atoms with E-state index in [2.05, 4.69) is 22.4 Å². The van der Waals surface area contributed by atoms with Gasteiger partial charge in [-0.25, -0.2) is 0 Å². The van der Waals surface area contributed by atoms with Gasteiger partial charge in [-0.1, -0.05) is 13.0 Å². The second-order valence-electron chi connectivity index (χ2n) is 5.57. The van der Waals surface area contributed by atoms with E-state index in [0.29, 0.717) is 11.7 Å². The lowest BCUT2D eigenvalue weighted by atomic mass is 9.87. The predicted molar refractivity (Wildman–Crippen MR) is 80.8 cm³/mol. The third-order valence-electron chi connectivity index (χ3n) is 3.95. The Hall–Kier alpha value is -1.62. The SMILES string of the molecule is CC1CCC(NC(=O)c2cc(-c3cccs3)[nH]n2)CC1. The molecule has 1 fully saturated rings. The number of carbonyl (C=O) groups excluding carboxylic acids is 1. The van der Waals surface area contributed by atoms with Gasteiger partial charge in [-0.15, -0.1) is 11.3 Å². The number of nitrogens with one attached hydrogen (secondary N) is 2. The largest absolute Gasteiger partial charge is 0.348 e. The lowest BCUT2D eigenvalue weighted by Gasteiger charge is -2.26. The minimum Gasteiger partial charge on any atom is -0.348 e. The molecule has 1 amide bonds. The molecule has 1 aliphatic rings. The van der Waals surface area contributed by atoms with Crippen LogP contribution in [0.25, 0.3) is 10.6 Å². The quantitative estimate of drug-likeness (QED) is 0.909. The van der Waals surface area contributed by atoms with Gasteiger partial charge in [0.05, 0.1) is 10.6 Å². The zero-order valence-electron chi connectivity index (χ0n) is 11.6. The van der Waals surface area contributed by atoms with Crippen LogP contribution in [0.2, 0.25) is 0 Å². The number of amides is 1. The molecule has 0 aromatic carbocycles. The summed E-state index contributed by atoms with van der Waals surface area (Å²) in [6.07, 6.45) is 4.56. The molecule has 0 saturated heterocycles. The van der Waals surface area contributed by atoms with Crippen LogP contribution in [-0.4, -0.2) is 22.1 Å². The summed E-state index contributed by atoms with van der Waals surface area (Å²) in [5, 5.41) is 12.2. The molecule has 20 heavy (non-hydrogen) atoms. The number of H-pyrrole nitrogens is 1. The average molecular weight is 289 g/mol. The number of nitrogens with zero attached hydrogens (tertiary/aromatic N) is 1. The highest BCUT2D eigenvalue weighted by molar-refractivity contribution is 7.13. The minimum atomic E-state index is -0.0661. The van der Waals surface area contributed by atoms with Gasteiger partial charge < -0.3 is 5.32 Å². The van der Waals surface area contributed by atoms with E-state index in [1.165, 1.54) is 12.8 Å². The molecule has 106 valence electrons. The topological polar surface area (TPSA) is 57.8 Å². The Labute approximate surface area is 122 Å². The van der Waals surface area contributed by atoms with Crippen molar-refractivity contribution in [3.8, 4) is 10.6 Å². The Balaban J connectivity index is 1.63. The molecule has 0 radical (unpaired) electrons. The number of carbonyl (C=O) groups is 1. The summed E-state index contributed by atoms with van der Waals surface area (Å²) in [7, 11) is 0. The van der Waals surface area contributed by atoms with Crippen molar-refractivity contribution >= 4 is 17.2 Å². The van der Waals surface area contributed by atoms with Gasteiger partial charge in [0.2, 0.25) is 0 Å². The molecule has 0 unspecified atom stereocenters. The zero-order chi connectivity index (χ0) is 13.9. The monoisotopic (exact) mass is 289 g/mol. The van der Waals surface area contributed by atoms with Crippen LogP contribution in [0.15, 0.2) is 23.6 Å². The van der Waals surface area contributed by atoms with E-state index < -0.39 is 0 Å². The van der Waals surface area contributed by atoms with E-state index in [0.717, 1.165) is 29.3 Å². The van der Waals surface area contributed by atoms with Crippen molar-refractivity contribution in [1.82, 2.24) is 15.5 Å². The molecule has 2 heterocycles. The number of thiophene rings is 1. The van der Waals surface area contributed by atoms with Gasteiger partial charge in [0, 0.05) is 6.04 Å².